The summed E-state index contributed by atoms with van der Waals surface area (Å²) >= 11 is 0. The van der Waals surface area contributed by atoms with Crippen molar-refractivity contribution in [2.24, 2.45) is 34.3 Å². The van der Waals surface area contributed by atoms with Gasteiger partial charge in [-0.25, -0.2) is 0 Å². The first kappa shape index (κ1) is 14.3. The highest BCUT2D eigenvalue weighted by Crippen LogP contribution is 2.67. The first-order valence-electron chi connectivity index (χ1n) is 7.82. The van der Waals surface area contributed by atoms with Crippen LogP contribution in [0.25, 0.3) is 0 Å². The maximum Gasteiger partial charge on any atom is -0.000977 e. The molecule has 3 N–H and O–H groups in total. The Bertz CT molecular complexity index is 269. The fraction of sp³-hybridized carbons (Fsp3) is 1.00. The molecule has 2 nitrogen and oxygen atoms in total. The van der Waals surface area contributed by atoms with Crippen molar-refractivity contribution in [1.29, 1.82) is 0 Å². The van der Waals surface area contributed by atoms with Crippen molar-refractivity contribution in [2.75, 3.05) is 19.6 Å². The van der Waals surface area contributed by atoms with Crippen LogP contribution in [0.3, 0.4) is 0 Å². The molecule has 0 amide bonds. The molecule has 0 radical (unpaired) electrons. The molecule has 0 aromatic heterocycles. The van der Waals surface area contributed by atoms with Crippen molar-refractivity contribution >= 4 is 0 Å². The van der Waals surface area contributed by atoms with Crippen LogP contribution in [0.15, 0.2) is 0 Å². The highest BCUT2D eigenvalue weighted by Gasteiger charge is 2.63. The lowest BCUT2D eigenvalue weighted by Gasteiger charge is -2.31. The highest BCUT2D eigenvalue weighted by molar-refractivity contribution is 5.12. The molecule has 106 valence electrons. The van der Waals surface area contributed by atoms with Crippen molar-refractivity contribution < 1.29 is 0 Å². The Labute approximate surface area is 113 Å². The summed E-state index contributed by atoms with van der Waals surface area (Å²) in [6.45, 7) is 12.9. The molecule has 0 aliphatic heterocycles. The van der Waals surface area contributed by atoms with Gasteiger partial charge in [-0.3, -0.25) is 0 Å². The molecule has 2 aliphatic carbocycles. The molecule has 0 aromatic carbocycles. The van der Waals surface area contributed by atoms with E-state index in [1.807, 2.05) is 0 Å². The molecule has 2 unspecified atom stereocenters. The average molecular weight is 252 g/mol. The average Bonchev–Trinajstić information content (AvgIpc) is 2.72. The van der Waals surface area contributed by atoms with Crippen LogP contribution in [-0.2, 0) is 0 Å². The number of hydrogen-bond acceptors (Lipinski definition) is 2. The Morgan fingerprint density at radius 1 is 0.944 bits per heavy atom. The fourth-order valence-corrected chi connectivity index (χ4v) is 4.12. The van der Waals surface area contributed by atoms with Crippen LogP contribution < -0.4 is 11.1 Å². The minimum Gasteiger partial charge on any atom is -0.330 e. The van der Waals surface area contributed by atoms with Gasteiger partial charge < -0.3 is 11.1 Å². The molecular weight excluding hydrogens is 220 g/mol. The van der Waals surface area contributed by atoms with Gasteiger partial charge in [0.15, 0.2) is 0 Å². The highest BCUT2D eigenvalue weighted by atomic mass is 14.9. The summed E-state index contributed by atoms with van der Waals surface area (Å²) in [5.41, 5.74) is 6.92. The van der Waals surface area contributed by atoms with Crippen LogP contribution in [0.4, 0.5) is 0 Å². The van der Waals surface area contributed by atoms with Crippen molar-refractivity contribution in [3.05, 3.63) is 0 Å². The van der Waals surface area contributed by atoms with Crippen LogP contribution >= 0.6 is 0 Å². The quantitative estimate of drug-likeness (QED) is 0.789. The molecule has 2 heteroatoms. The van der Waals surface area contributed by atoms with E-state index < -0.39 is 0 Å². The second-order valence-corrected chi connectivity index (χ2v) is 7.69. The molecule has 0 saturated heterocycles. The van der Waals surface area contributed by atoms with Gasteiger partial charge in [0.05, 0.1) is 0 Å². The Hall–Kier alpha value is -0.0800. The third kappa shape index (κ3) is 2.46. The van der Waals surface area contributed by atoms with Gasteiger partial charge in [0, 0.05) is 0 Å². The van der Waals surface area contributed by atoms with E-state index in [-0.39, 0.29) is 0 Å². The van der Waals surface area contributed by atoms with Crippen molar-refractivity contribution in [3.63, 3.8) is 0 Å². The SMILES string of the molecule is CC1(C)C(CNCC2CCCCC2CN)C1(C)C. The van der Waals surface area contributed by atoms with E-state index in [4.69, 9.17) is 5.73 Å². The largest absolute Gasteiger partial charge is 0.330 e. The minimum absolute atomic E-state index is 0.514. The molecule has 2 aliphatic rings. The second kappa shape index (κ2) is 5.13. The predicted octanol–water partition coefficient (Wildman–Crippen LogP) is 3.02. The normalized spacial score (nSPS) is 34.5. The molecular formula is C16H32N2. The Kier molecular flexibility index (Phi) is 4.08. The van der Waals surface area contributed by atoms with E-state index in [2.05, 4.69) is 33.0 Å². The summed E-state index contributed by atoms with van der Waals surface area (Å²) < 4.78 is 0. The zero-order chi connectivity index (χ0) is 13.4. The predicted molar refractivity (Wildman–Crippen MR) is 78.4 cm³/mol. The van der Waals surface area contributed by atoms with Crippen LogP contribution in [0.5, 0.6) is 0 Å². The van der Waals surface area contributed by atoms with E-state index in [0.717, 1.165) is 24.3 Å². The fourth-order valence-electron chi connectivity index (χ4n) is 4.12. The molecule has 0 spiro atoms. The van der Waals surface area contributed by atoms with Gasteiger partial charge in [0.2, 0.25) is 0 Å². The molecule has 2 fully saturated rings. The summed E-state index contributed by atoms with van der Waals surface area (Å²) in [5, 5.41) is 3.74. The van der Waals surface area contributed by atoms with Crippen LogP contribution in [0.1, 0.15) is 53.4 Å². The Balaban J connectivity index is 1.73. The van der Waals surface area contributed by atoms with E-state index in [1.54, 1.807) is 0 Å². The number of nitrogens with two attached hydrogens (primary N) is 1. The molecule has 0 aromatic rings. The lowest BCUT2D eigenvalue weighted by atomic mass is 9.79. The van der Waals surface area contributed by atoms with E-state index >= 15 is 0 Å². The van der Waals surface area contributed by atoms with Gasteiger partial charge in [0.25, 0.3) is 0 Å². The number of nitrogens with one attached hydrogen (secondary N) is 1. The van der Waals surface area contributed by atoms with Crippen LogP contribution in [0.2, 0.25) is 0 Å². The lowest BCUT2D eigenvalue weighted by molar-refractivity contribution is 0.234. The second-order valence-electron chi connectivity index (χ2n) is 7.69. The third-order valence-corrected chi connectivity index (χ3v) is 6.44. The first-order valence-corrected chi connectivity index (χ1v) is 7.82. The number of rotatable bonds is 5. The van der Waals surface area contributed by atoms with Crippen LogP contribution in [-0.4, -0.2) is 19.6 Å². The molecule has 0 heterocycles. The molecule has 2 rings (SSSR count). The van der Waals surface area contributed by atoms with Crippen molar-refractivity contribution in [2.45, 2.75) is 53.4 Å². The van der Waals surface area contributed by atoms with Gasteiger partial charge in [-0.15, -0.1) is 0 Å². The standard InChI is InChI=1S/C16H32N2/c1-15(2)14(16(15,3)4)11-18-10-13-8-6-5-7-12(13)9-17/h12-14,18H,5-11,17H2,1-4H3. The smallest absolute Gasteiger partial charge is 0.000977 e. The van der Waals surface area contributed by atoms with Gasteiger partial charge >= 0.3 is 0 Å². The zero-order valence-corrected chi connectivity index (χ0v) is 12.8. The van der Waals surface area contributed by atoms with Gasteiger partial charge in [0.1, 0.15) is 0 Å². The molecule has 2 atom stereocenters. The molecule has 18 heavy (non-hydrogen) atoms. The molecule has 2 saturated carbocycles. The minimum atomic E-state index is 0.514. The van der Waals surface area contributed by atoms with Gasteiger partial charge in [-0.1, -0.05) is 40.5 Å². The summed E-state index contributed by atoms with van der Waals surface area (Å²) in [7, 11) is 0. The lowest BCUT2D eigenvalue weighted by Crippen LogP contribution is -2.35. The maximum atomic E-state index is 5.90. The Morgan fingerprint density at radius 3 is 2.00 bits per heavy atom. The summed E-state index contributed by atoms with van der Waals surface area (Å²) in [4.78, 5) is 0. The monoisotopic (exact) mass is 252 g/mol. The molecule has 0 bridgehead atoms. The first-order chi connectivity index (χ1) is 8.41. The third-order valence-electron chi connectivity index (χ3n) is 6.44. The van der Waals surface area contributed by atoms with Crippen LogP contribution in [0, 0.1) is 28.6 Å². The van der Waals surface area contributed by atoms with E-state index in [1.165, 1.54) is 38.8 Å². The van der Waals surface area contributed by atoms with E-state index in [0.29, 0.717) is 10.8 Å². The van der Waals surface area contributed by atoms with E-state index in [9.17, 15) is 0 Å². The van der Waals surface area contributed by atoms with Crippen molar-refractivity contribution in [3.8, 4) is 0 Å². The summed E-state index contributed by atoms with van der Waals surface area (Å²) in [5.74, 6) is 2.44. The van der Waals surface area contributed by atoms with Crippen molar-refractivity contribution in [1.82, 2.24) is 5.32 Å². The summed E-state index contributed by atoms with van der Waals surface area (Å²) in [6, 6.07) is 0. The topological polar surface area (TPSA) is 38.0 Å². The number of hydrogen-bond donors (Lipinski definition) is 2. The van der Waals surface area contributed by atoms with Gasteiger partial charge in [-0.05, 0) is 61.1 Å². The maximum absolute atomic E-state index is 5.90. The van der Waals surface area contributed by atoms with Gasteiger partial charge in [-0.2, -0.15) is 0 Å². The zero-order valence-electron chi connectivity index (χ0n) is 12.8. The summed E-state index contributed by atoms with van der Waals surface area (Å²) in [6.07, 6.45) is 5.53. The Morgan fingerprint density at radius 2 is 1.50 bits per heavy atom.